The maximum atomic E-state index is 13.5. The minimum absolute atomic E-state index is 0.0279. The predicted molar refractivity (Wildman–Crippen MR) is 137 cm³/mol. The fourth-order valence-corrected chi connectivity index (χ4v) is 5.09. The lowest BCUT2D eigenvalue weighted by Crippen LogP contribution is -2.37. The number of methoxy groups -OCH3 is 1. The molecular weight excluding hydrogens is 480 g/mol. The van der Waals surface area contributed by atoms with Gasteiger partial charge in [0.15, 0.2) is 0 Å². The van der Waals surface area contributed by atoms with E-state index in [1.165, 1.54) is 19.2 Å². The highest BCUT2D eigenvalue weighted by atomic mass is 32.2. The highest BCUT2D eigenvalue weighted by molar-refractivity contribution is 7.89. The molecule has 190 valence electrons. The summed E-state index contributed by atoms with van der Waals surface area (Å²) in [6, 6.07) is 20.4. The van der Waals surface area contributed by atoms with Crippen molar-refractivity contribution in [2.75, 3.05) is 25.6 Å². The molecule has 1 amide bonds. The molecule has 0 aromatic heterocycles. The van der Waals surface area contributed by atoms with Crippen LogP contribution < -0.4 is 10.1 Å². The first-order valence-electron chi connectivity index (χ1n) is 11.5. The van der Waals surface area contributed by atoms with Crippen LogP contribution in [0.4, 0.5) is 5.69 Å². The van der Waals surface area contributed by atoms with Gasteiger partial charge in [0.2, 0.25) is 15.9 Å². The summed E-state index contributed by atoms with van der Waals surface area (Å²) in [5, 5.41) is 2.74. The highest BCUT2D eigenvalue weighted by Gasteiger charge is 2.27. The molecule has 1 N–H and O–H groups in total. The quantitative estimate of drug-likeness (QED) is 0.392. The number of carbonyl (C=O) groups is 2. The first kappa shape index (κ1) is 26.9. The summed E-state index contributed by atoms with van der Waals surface area (Å²) in [5.41, 5.74) is 2.66. The van der Waals surface area contributed by atoms with Gasteiger partial charge in [0.1, 0.15) is 5.75 Å². The number of nitrogens with one attached hydrogen (secondary N) is 1. The van der Waals surface area contributed by atoms with Crippen molar-refractivity contribution >= 4 is 27.6 Å². The van der Waals surface area contributed by atoms with Crippen molar-refractivity contribution in [2.24, 2.45) is 0 Å². The minimum atomic E-state index is -3.99. The normalized spacial score (nSPS) is 11.2. The summed E-state index contributed by atoms with van der Waals surface area (Å²) in [6.45, 7) is 3.46. The van der Waals surface area contributed by atoms with Gasteiger partial charge in [-0.1, -0.05) is 42.5 Å². The van der Waals surface area contributed by atoms with Crippen LogP contribution in [-0.2, 0) is 37.3 Å². The van der Waals surface area contributed by atoms with Crippen molar-refractivity contribution in [1.29, 1.82) is 0 Å². The number of amides is 1. The first-order chi connectivity index (χ1) is 17.2. The molecule has 0 aliphatic heterocycles. The zero-order valence-corrected chi connectivity index (χ0v) is 21.4. The number of hydrogen-bond donors (Lipinski definition) is 1. The van der Waals surface area contributed by atoms with Gasteiger partial charge in [-0.2, -0.15) is 4.31 Å². The van der Waals surface area contributed by atoms with Crippen LogP contribution in [0.25, 0.3) is 0 Å². The van der Waals surface area contributed by atoms with Crippen LogP contribution in [0, 0.1) is 6.92 Å². The lowest BCUT2D eigenvalue weighted by Gasteiger charge is -2.22. The molecule has 0 aliphatic rings. The fraction of sp³-hybridized carbons (Fsp3) is 0.259. The molecule has 8 nitrogen and oxygen atoms in total. The molecule has 0 aliphatic carbocycles. The highest BCUT2D eigenvalue weighted by Crippen LogP contribution is 2.25. The molecule has 3 rings (SSSR count). The lowest BCUT2D eigenvalue weighted by atomic mass is 10.1. The van der Waals surface area contributed by atoms with Crippen molar-refractivity contribution in [3.05, 3.63) is 89.5 Å². The zero-order chi connectivity index (χ0) is 26.1. The van der Waals surface area contributed by atoms with Crippen molar-refractivity contribution in [3.8, 4) is 5.75 Å². The van der Waals surface area contributed by atoms with Crippen molar-refractivity contribution in [2.45, 2.75) is 31.7 Å². The molecule has 0 saturated heterocycles. The number of hydrogen-bond acceptors (Lipinski definition) is 6. The molecular formula is C27H30N2O6S. The largest absolute Gasteiger partial charge is 0.496 e. The predicted octanol–water partition coefficient (Wildman–Crippen LogP) is 3.94. The summed E-state index contributed by atoms with van der Waals surface area (Å²) in [7, 11) is -2.47. The van der Waals surface area contributed by atoms with E-state index < -0.39 is 15.9 Å². The summed E-state index contributed by atoms with van der Waals surface area (Å²) in [5.74, 6) is -0.240. The number of nitrogens with zero attached hydrogens (tertiary/aromatic N) is 1. The van der Waals surface area contributed by atoms with Crippen molar-refractivity contribution in [3.63, 3.8) is 0 Å². The van der Waals surface area contributed by atoms with E-state index in [1.54, 1.807) is 44.2 Å². The van der Waals surface area contributed by atoms with Crippen LogP contribution in [0.3, 0.4) is 0 Å². The molecule has 0 spiro atoms. The zero-order valence-electron chi connectivity index (χ0n) is 20.6. The van der Waals surface area contributed by atoms with Gasteiger partial charge in [0.25, 0.3) is 0 Å². The van der Waals surface area contributed by atoms with Crippen molar-refractivity contribution < 1.29 is 27.5 Å². The van der Waals surface area contributed by atoms with E-state index >= 15 is 0 Å². The molecule has 0 fully saturated rings. The molecule has 0 bridgehead atoms. The van der Waals surface area contributed by atoms with Crippen LogP contribution >= 0.6 is 0 Å². The Morgan fingerprint density at radius 1 is 0.944 bits per heavy atom. The summed E-state index contributed by atoms with van der Waals surface area (Å²) in [6.07, 6.45) is 0.131. The second-order valence-corrected chi connectivity index (χ2v) is 10.1. The third-order valence-electron chi connectivity index (χ3n) is 5.42. The average Bonchev–Trinajstić information content (AvgIpc) is 2.85. The van der Waals surface area contributed by atoms with Crippen LogP contribution in [0.15, 0.2) is 77.7 Å². The number of esters is 1. The standard InChI is InChI=1S/C27H30N2O6S/c1-4-35-27(31)17-21-10-12-23(13-11-21)28-26(30)19-29(18-22-8-6-5-7-9-22)36(32,33)24-14-15-25(34-3)20(2)16-24/h5-16H,4,17-19H2,1-3H3,(H,28,30). The Hall–Kier alpha value is -3.69. The molecule has 0 unspecified atom stereocenters. The van der Waals surface area contributed by atoms with E-state index in [2.05, 4.69) is 5.32 Å². The third kappa shape index (κ3) is 7.16. The third-order valence-corrected chi connectivity index (χ3v) is 7.20. The van der Waals surface area contributed by atoms with Gasteiger partial charge < -0.3 is 14.8 Å². The Morgan fingerprint density at radius 3 is 2.25 bits per heavy atom. The Kier molecular flexibility index (Phi) is 9.21. The molecule has 3 aromatic rings. The van der Waals surface area contributed by atoms with E-state index in [-0.39, 0.29) is 30.4 Å². The van der Waals surface area contributed by atoms with Gasteiger partial charge in [-0.3, -0.25) is 9.59 Å². The monoisotopic (exact) mass is 510 g/mol. The Balaban J connectivity index is 1.78. The van der Waals surface area contributed by atoms with E-state index in [0.717, 1.165) is 15.4 Å². The van der Waals surface area contributed by atoms with E-state index in [1.807, 2.05) is 30.3 Å². The Morgan fingerprint density at radius 2 is 1.64 bits per heavy atom. The number of aryl methyl sites for hydroxylation is 1. The van der Waals surface area contributed by atoms with Gasteiger partial charge in [-0.25, -0.2) is 8.42 Å². The van der Waals surface area contributed by atoms with Crippen LogP contribution in [0.1, 0.15) is 23.6 Å². The number of benzene rings is 3. The number of sulfonamides is 1. The topological polar surface area (TPSA) is 102 Å². The molecule has 36 heavy (non-hydrogen) atoms. The van der Waals surface area contributed by atoms with Gasteiger partial charge in [0, 0.05) is 12.2 Å². The molecule has 0 heterocycles. The van der Waals surface area contributed by atoms with Gasteiger partial charge >= 0.3 is 5.97 Å². The SMILES string of the molecule is CCOC(=O)Cc1ccc(NC(=O)CN(Cc2ccccc2)S(=O)(=O)c2ccc(OC)c(C)c2)cc1. The van der Waals surface area contributed by atoms with Crippen LogP contribution in [-0.4, -0.2) is 44.9 Å². The van der Waals surface area contributed by atoms with Gasteiger partial charge in [-0.05, 0) is 60.9 Å². The first-order valence-corrected chi connectivity index (χ1v) is 12.9. The van der Waals surface area contributed by atoms with Gasteiger partial charge in [0.05, 0.1) is 31.6 Å². The molecule has 0 atom stereocenters. The minimum Gasteiger partial charge on any atom is -0.496 e. The second kappa shape index (κ2) is 12.3. The average molecular weight is 511 g/mol. The fourth-order valence-electron chi connectivity index (χ4n) is 3.62. The summed E-state index contributed by atoms with van der Waals surface area (Å²) < 4.78 is 38.4. The summed E-state index contributed by atoms with van der Waals surface area (Å²) in [4.78, 5) is 24.6. The van der Waals surface area contributed by atoms with Crippen LogP contribution in [0.2, 0.25) is 0 Å². The molecule has 0 radical (unpaired) electrons. The molecule has 0 saturated carbocycles. The number of anilines is 1. The van der Waals surface area contributed by atoms with Crippen LogP contribution in [0.5, 0.6) is 5.75 Å². The molecule has 9 heteroatoms. The van der Waals surface area contributed by atoms with Crippen molar-refractivity contribution in [1.82, 2.24) is 4.31 Å². The van der Waals surface area contributed by atoms with E-state index in [9.17, 15) is 18.0 Å². The number of ether oxygens (including phenoxy) is 2. The lowest BCUT2D eigenvalue weighted by molar-refractivity contribution is -0.142. The smallest absolute Gasteiger partial charge is 0.310 e. The van der Waals surface area contributed by atoms with E-state index in [4.69, 9.17) is 9.47 Å². The summed E-state index contributed by atoms with van der Waals surface area (Å²) >= 11 is 0. The van der Waals surface area contributed by atoms with Gasteiger partial charge in [-0.15, -0.1) is 0 Å². The second-order valence-electron chi connectivity index (χ2n) is 8.12. The molecule has 3 aromatic carbocycles. The number of rotatable bonds is 11. The number of carbonyl (C=O) groups excluding carboxylic acids is 2. The Bertz CT molecular complexity index is 1290. The maximum absolute atomic E-state index is 13.5. The Labute approximate surface area is 211 Å². The maximum Gasteiger partial charge on any atom is 0.310 e. The van der Waals surface area contributed by atoms with E-state index in [0.29, 0.717) is 23.6 Å².